The topological polar surface area (TPSA) is 58.4 Å². The second-order valence-electron chi connectivity index (χ2n) is 5.52. The van der Waals surface area contributed by atoms with Gasteiger partial charge in [-0.05, 0) is 37.8 Å². The number of carbonyl (C=O) groups is 1. The number of nitrogens with two attached hydrogens (primary N) is 1. The molecule has 3 saturated heterocycles. The van der Waals surface area contributed by atoms with Crippen LogP contribution in [-0.2, 0) is 4.79 Å². The molecule has 3 aliphatic rings. The molecule has 0 aromatic heterocycles. The van der Waals surface area contributed by atoms with E-state index in [1.54, 1.807) is 0 Å². The number of carbonyl (C=O) groups excluding carboxylic acids is 1. The Morgan fingerprint density at radius 2 is 2.00 bits per heavy atom. The zero-order valence-electron chi connectivity index (χ0n) is 10.3. The molecule has 3 rings (SSSR count). The lowest BCUT2D eigenvalue weighted by atomic mass is 9.84. The van der Waals surface area contributed by atoms with Gasteiger partial charge in [-0.2, -0.15) is 0 Å². The SMILES string of the molecule is CC(C)[C@H](N)C(=O)NC1CN2CCC1CC2. The average Bonchev–Trinajstić information content (AvgIpc) is 2.29. The molecule has 1 unspecified atom stereocenters. The normalized spacial score (nSPS) is 35.1. The minimum absolute atomic E-state index is 0.0220. The summed E-state index contributed by atoms with van der Waals surface area (Å²) in [5.74, 6) is 0.906. The maximum Gasteiger partial charge on any atom is 0.237 e. The molecule has 2 bridgehead atoms. The molecular formula is C12H23N3O. The lowest BCUT2D eigenvalue weighted by Gasteiger charge is -2.45. The number of rotatable bonds is 3. The number of hydrogen-bond acceptors (Lipinski definition) is 3. The largest absolute Gasteiger partial charge is 0.350 e. The highest BCUT2D eigenvalue weighted by atomic mass is 16.2. The molecule has 92 valence electrons. The van der Waals surface area contributed by atoms with Crippen molar-refractivity contribution in [1.82, 2.24) is 10.2 Å². The fourth-order valence-corrected chi connectivity index (χ4v) is 2.71. The van der Waals surface area contributed by atoms with Gasteiger partial charge >= 0.3 is 0 Å². The number of hydrogen-bond donors (Lipinski definition) is 2. The summed E-state index contributed by atoms with van der Waals surface area (Å²) in [5.41, 5.74) is 5.85. The van der Waals surface area contributed by atoms with Crippen LogP contribution in [0.1, 0.15) is 26.7 Å². The van der Waals surface area contributed by atoms with E-state index >= 15 is 0 Å². The van der Waals surface area contributed by atoms with Gasteiger partial charge in [0.1, 0.15) is 0 Å². The number of nitrogens with zero attached hydrogens (tertiary/aromatic N) is 1. The van der Waals surface area contributed by atoms with Gasteiger partial charge in [0.2, 0.25) is 5.91 Å². The quantitative estimate of drug-likeness (QED) is 0.720. The molecular weight excluding hydrogens is 202 g/mol. The minimum atomic E-state index is -0.365. The van der Waals surface area contributed by atoms with Crippen molar-refractivity contribution in [2.75, 3.05) is 19.6 Å². The Kier molecular flexibility index (Phi) is 3.50. The van der Waals surface area contributed by atoms with Gasteiger partial charge in [-0.3, -0.25) is 4.79 Å². The molecule has 0 aromatic carbocycles. The summed E-state index contributed by atoms with van der Waals surface area (Å²) in [6, 6.07) is -0.0322. The van der Waals surface area contributed by atoms with Crippen molar-refractivity contribution in [3.8, 4) is 0 Å². The van der Waals surface area contributed by atoms with E-state index in [4.69, 9.17) is 5.73 Å². The van der Waals surface area contributed by atoms with Crippen molar-refractivity contribution in [2.45, 2.75) is 38.8 Å². The van der Waals surface area contributed by atoms with Gasteiger partial charge in [0, 0.05) is 12.6 Å². The molecule has 16 heavy (non-hydrogen) atoms. The van der Waals surface area contributed by atoms with Gasteiger partial charge in [-0.1, -0.05) is 13.8 Å². The second kappa shape index (κ2) is 4.72. The van der Waals surface area contributed by atoms with Crippen LogP contribution in [0, 0.1) is 11.8 Å². The van der Waals surface area contributed by atoms with Crippen LogP contribution in [0.2, 0.25) is 0 Å². The highest BCUT2D eigenvalue weighted by Gasteiger charge is 2.35. The summed E-state index contributed by atoms with van der Waals surface area (Å²) in [6.07, 6.45) is 2.45. The molecule has 4 nitrogen and oxygen atoms in total. The molecule has 0 spiro atoms. The molecule has 4 heteroatoms. The molecule has 3 aliphatic heterocycles. The zero-order valence-corrected chi connectivity index (χ0v) is 10.3. The van der Waals surface area contributed by atoms with Crippen LogP contribution < -0.4 is 11.1 Å². The Bertz CT molecular complexity index is 259. The molecule has 3 fully saturated rings. The van der Waals surface area contributed by atoms with E-state index in [9.17, 15) is 4.79 Å². The fraction of sp³-hybridized carbons (Fsp3) is 0.917. The molecule has 3 heterocycles. The maximum atomic E-state index is 11.9. The Morgan fingerprint density at radius 1 is 1.38 bits per heavy atom. The summed E-state index contributed by atoms with van der Waals surface area (Å²) in [4.78, 5) is 14.3. The van der Waals surface area contributed by atoms with Gasteiger partial charge < -0.3 is 16.0 Å². The summed E-state index contributed by atoms with van der Waals surface area (Å²) >= 11 is 0. The molecule has 0 aromatic rings. The van der Waals surface area contributed by atoms with Crippen LogP contribution >= 0.6 is 0 Å². The van der Waals surface area contributed by atoms with Crippen LogP contribution in [0.5, 0.6) is 0 Å². The van der Waals surface area contributed by atoms with Gasteiger partial charge in [0.25, 0.3) is 0 Å². The van der Waals surface area contributed by atoms with Crippen molar-refractivity contribution in [2.24, 2.45) is 17.6 Å². The molecule has 0 saturated carbocycles. The van der Waals surface area contributed by atoms with Gasteiger partial charge in [0.15, 0.2) is 0 Å². The minimum Gasteiger partial charge on any atom is -0.350 e. The van der Waals surface area contributed by atoms with E-state index < -0.39 is 0 Å². The Balaban J connectivity index is 1.88. The van der Waals surface area contributed by atoms with E-state index in [-0.39, 0.29) is 17.9 Å². The van der Waals surface area contributed by atoms with E-state index in [0.29, 0.717) is 12.0 Å². The number of piperidine rings is 3. The van der Waals surface area contributed by atoms with E-state index in [0.717, 1.165) is 6.54 Å². The van der Waals surface area contributed by atoms with Crippen molar-refractivity contribution in [1.29, 1.82) is 0 Å². The third kappa shape index (κ3) is 2.38. The van der Waals surface area contributed by atoms with Crippen LogP contribution in [0.25, 0.3) is 0 Å². The number of amides is 1. The smallest absolute Gasteiger partial charge is 0.237 e. The summed E-state index contributed by atoms with van der Waals surface area (Å²) in [5, 5.41) is 3.13. The lowest BCUT2D eigenvalue weighted by molar-refractivity contribution is -0.125. The average molecular weight is 225 g/mol. The van der Waals surface area contributed by atoms with Crippen molar-refractivity contribution in [3.05, 3.63) is 0 Å². The predicted molar refractivity (Wildman–Crippen MR) is 63.9 cm³/mol. The van der Waals surface area contributed by atoms with Gasteiger partial charge in [-0.15, -0.1) is 0 Å². The fourth-order valence-electron chi connectivity index (χ4n) is 2.71. The predicted octanol–water partition coefficient (Wildman–Crippen LogP) is 0.180. The highest BCUT2D eigenvalue weighted by Crippen LogP contribution is 2.27. The van der Waals surface area contributed by atoms with E-state index in [1.807, 2.05) is 13.8 Å². The first-order valence-electron chi connectivity index (χ1n) is 6.36. The Morgan fingerprint density at radius 3 is 2.44 bits per heavy atom. The van der Waals surface area contributed by atoms with Crippen LogP contribution in [0.15, 0.2) is 0 Å². The first-order valence-corrected chi connectivity index (χ1v) is 6.36. The van der Waals surface area contributed by atoms with Crippen molar-refractivity contribution >= 4 is 5.91 Å². The first kappa shape index (κ1) is 11.9. The molecule has 1 amide bonds. The van der Waals surface area contributed by atoms with E-state index in [2.05, 4.69) is 10.2 Å². The van der Waals surface area contributed by atoms with Gasteiger partial charge in [-0.25, -0.2) is 0 Å². The third-order valence-electron chi connectivity index (χ3n) is 4.00. The summed E-state index contributed by atoms with van der Waals surface area (Å²) < 4.78 is 0. The van der Waals surface area contributed by atoms with E-state index in [1.165, 1.54) is 25.9 Å². The van der Waals surface area contributed by atoms with Crippen LogP contribution in [0.4, 0.5) is 0 Å². The molecule has 2 atom stereocenters. The molecule has 0 aliphatic carbocycles. The van der Waals surface area contributed by atoms with Gasteiger partial charge in [0.05, 0.1) is 6.04 Å². The Labute approximate surface area is 97.6 Å². The highest BCUT2D eigenvalue weighted by molar-refractivity contribution is 5.82. The lowest BCUT2D eigenvalue weighted by Crippen LogP contribution is -2.59. The Hall–Kier alpha value is -0.610. The molecule has 3 N–H and O–H groups in total. The number of fused-ring (bicyclic) bond motifs is 3. The molecule has 0 radical (unpaired) electrons. The summed E-state index contributed by atoms with van der Waals surface area (Å²) in [7, 11) is 0. The zero-order chi connectivity index (χ0) is 11.7. The van der Waals surface area contributed by atoms with Crippen LogP contribution in [-0.4, -0.2) is 42.5 Å². The van der Waals surface area contributed by atoms with Crippen molar-refractivity contribution in [3.63, 3.8) is 0 Å². The third-order valence-corrected chi connectivity index (χ3v) is 4.00. The monoisotopic (exact) mass is 225 g/mol. The first-order chi connectivity index (χ1) is 7.58. The van der Waals surface area contributed by atoms with Crippen molar-refractivity contribution < 1.29 is 4.79 Å². The van der Waals surface area contributed by atoms with Crippen LogP contribution in [0.3, 0.4) is 0 Å². The maximum absolute atomic E-state index is 11.9. The standard InChI is InChI=1S/C12H23N3O/c1-8(2)11(13)12(16)14-10-7-15-5-3-9(10)4-6-15/h8-11H,3-7,13H2,1-2H3,(H,14,16)/t10?,11-/m0/s1. The summed E-state index contributed by atoms with van der Waals surface area (Å²) in [6.45, 7) is 7.39. The number of nitrogens with one attached hydrogen (secondary N) is 1. The second-order valence-corrected chi connectivity index (χ2v) is 5.52.